The van der Waals surface area contributed by atoms with Crippen molar-refractivity contribution in [3.8, 4) is 11.1 Å². The number of carbonyl (C=O) groups excluding carboxylic acids is 2. The fourth-order valence-electron chi connectivity index (χ4n) is 5.24. The molecule has 0 aliphatic carbocycles. The molecule has 1 heterocycles. The van der Waals surface area contributed by atoms with Gasteiger partial charge in [0.25, 0.3) is 0 Å². The maximum Gasteiger partial charge on any atom is 0.312 e. The number of carbonyl (C=O) groups is 2. The van der Waals surface area contributed by atoms with Crippen LogP contribution in [0.3, 0.4) is 0 Å². The second-order valence-corrected chi connectivity index (χ2v) is 9.62. The van der Waals surface area contributed by atoms with Gasteiger partial charge >= 0.3 is 6.03 Å². The van der Waals surface area contributed by atoms with Crippen LogP contribution >= 0.6 is 0 Å². The predicted molar refractivity (Wildman–Crippen MR) is 136 cm³/mol. The molecule has 3 aromatic rings. The van der Waals surface area contributed by atoms with Crippen molar-refractivity contribution >= 4 is 11.9 Å². The molecule has 1 unspecified atom stereocenters. The Hall–Kier alpha value is -3.81. The highest BCUT2D eigenvalue weighted by molar-refractivity contribution is 5.79. The van der Waals surface area contributed by atoms with Crippen molar-refractivity contribution < 1.29 is 22.8 Å². The normalized spacial score (nSPS) is 18.5. The summed E-state index contributed by atoms with van der Waals surface area (Å²) in [6.07, 6.45) is 2.22. The van der Waals surface area contributed by atoms with E-state index in [2.05, 4.69) is 5.32 Å². The summed E-state index contributed by atoms with van der Waals surface area (Å²) in [7, 11) is 0. The largest absolute Gasteiger partial charge is 0.352 e. The summed E-state index contributed by atoms with van der Waals surface area (Å²) in [6.45, 7) is 2.86. The van der Waals surface area contributed by atoms with Gasteiger partial charge in [0.1, 0.15) is 17.5 Å². The lowest BCUT2D eigenvalue weighted by Crippen LogP contribution is -2.47. The molecule has 1 aliphatic heterocycles. The lowest BCUT2D eigenvalue weighted by atomic mass is 9.69. The summed E-state index contributed by atoms with van der Waals surface area (Å²) in [5, 5.41) is 2.59. The van der Waals surface area contributed by atoms with Crippen molar-refractivity contribution in [1.82, 2.24) is 10.2 Å². The van der Waals surface area contributed by atoms with E-state index in [1.54, 1.807) is 24.3 Å². The van der Waals surface area contributed by atoms with E-state index < -0.39 is 23.1 Å². The van der Waals surface area contributed by atoms with Gasteiger partial charge in [0.05, 0.1) is 6.04 Å². The highest BCUT2D eigenvalue weighted by Gasteiger charge is 2.41. The lowest BCUT2D eigenvalue weighted by molar-refractivity contribution is -0.138. The van der Waals surface area contributed by atoms with E-state index >= 15 is 0 Å². The Labute approximate surface area is 214 Å². The summed E-state index contributed by atoms with van der Waals surface area (Å²) >= 11 is 0. The number of benzene rings is 3. The van der Waals surface area contributed by atoms with Gasteiger partial charge in [-0.15, -0.1) is 0 Å². The molecule has 2 atom stereocenters. The SMILES string of the molecule is C[C@@H](c1ccc(-c2ccc(F)cc2F)cc1)N1CCC(CCCNC(N)=O)(c2ccc(F)cc2)CC1=O. The number of piperidine rings is 1. The Kier molecular flexibility index (Phi) is 7.86. The van der Waals surface area contributed by atoms with E-state index in [0.717, 1.165) is 17.2 Å². The van der Waals surface area contributed by atoms with Gasteiger partial charge in [0.15, 0.2) is 0 Å². The minimum absolute atomic E-state index is 0.0143. The molecule has 4 rings (SSSR count). The van der Waals surface area contributed by atoms with E-state index in [-0.39, 0.29) is 24.2 Å². The third-order valence-electron chi connectivity index (χ3n) is 7.33. The molecule has 1 aliphatic rings. The minimum Gasteiger partial charge on any atom is -0.352 e. The average molecular weight is 510 g/mol. The van der Waals surface area contributed by atoms with Crippen LogP contribution < -0.4 is 11.1 Å². The van der Waals surface area contributed by atoms with Gasteiger partial charge in [0, 0.05) is 36.6 Å². The summed E-state index contributed by atoms with van der Waals surface area (Å²) < 4.78 is 41.1. The quantitative estimate of drug-likeness (QED) is 0.374. The average Bonchev–Trinajstić information content (AvgIpc) is 2.87. The zero-order chi connectivity index (χ0) is 26.6. The molecule has 5 nitrogen and oxygen atoms in total. The molecule has 0 bridgehead atoms. The molecule has 3 aromatic carbocycles. The summed E-state index contributed by atoms with van der Waals surface area (Å²) in [5.41, 5.74) is 7.44. The molecule has 1 saturated heterocycles. The monoisotopic (exact) mass is 509 g/mol. The van der Waals surface area contributed by atoms with E-state index in [4.69, 9.17) is 5.73 Å². The number of hydrogen-bond acceptors (Lipinski definition) is 2. The van der Waals surface area contributed by atoms with Crippen molar-refractivity contribution in [3.63, 3.8) is 0 Å². The van der Waals surface area contributed by atoms with Crippen LogP contribution in [0.4, 0.5) is 18.0 Å². The fourth-order valence-corrected chi connectivity index (χ4v) is 5.24. The second-order valence-electron chi connectivity index (χ2n) is 9.62. The van der Waals surface area contributed by atoms with E-state index in [9.17, 15) is 22.8 Å². The van der Waals surface area contributed by atoms with Crippen molar-refractivity contribution in [2.24, 2.45) is 5.73 Å². The third kappa shape index (κ3) is 5.96. The first-order valence-corrected chi connectivity index (χ1v) is 12.3. The molecular weight excluding hydrogens is 479 g/mol. The fraction of sp³-hybridized carbons (Fsp3) is 0.310. The number of nitrogens with two attached hydrogens (primary N) is 1. The molecule has 0 saturated carbocycles. The predicted octanol–water partition coefficient (Wildman–Crippen LogP) is 5.84. The van der Waals surface area contributed by atoms with E-state index in [1.165, 1.54) is 24.3 Å². The Morgan fingerprint density at radius 2 is 1.70 bits per heavy atom. The zero-order valence-corrected chi connectivity index (χ0v) is 20.6. The maximum absolute atomic E-state index is 14.2. The summed E-state index contributed by atoms with van der Waals surface area (Å²) in [5.74, 6) is -1.61. The van der Waals surface area contributed by atoms with Gasteiger partial charge in [-0.3, -0.25) is 4.79 Å². The number of halogens is 3. The first-order valence-electron chi connectivity index (χ1n) is 12.3. The van der Waals surface area contributed by atoms with Crippen LogP contribution in [0.5, 0.6) is 0 Å². The molecule has 194 valence electrons. The molecular formula is C29H30F3N3O2. The van der Waals surface area contributed by atoms with Gasteiger partial charge in [-0.05, 0) is 67.1 Å². The second kappa shape index (κ2) is 11.1. The van der Waals surface area contributed by atoms with Crippen LogP contribution in [0.2, 0.25) is 0 Å². The van der Waals surface area contributed by atoms with Crippen LogP contribution in [-0.2, 0) is 10.2 Å². The number of likely N-dealkylation sites (tertiary alicyclic amines) is 1. The van der Waals surface area contributed by atoms with E-state index in [1.807, 2.05) is 24.0 Å². The van der Waals surface area contributed by atoms with Gasteiger partial charge in [-0.25, -0.2) is 18.0 Å². The first kappa shape index (κ1) is 26.3. The molecule has 0 aromatic heterocycles. The van der Waals surface area contributed by atoms with Crippen molar-refractivity contribution in [1.29, 1.82) is 0 Å². The number of nitrogens with one attached hydrogen (secondary N) is 1. The number of amides is 3. The molecule has 3 N–H and O–H groups in total. The highest BCUT2D eigenvalue weighted by Crippen LogP contribution is 2.42. The van der Waals surface area contributed by atoms with Crippen molar-refractivity contribution in [2.75, 3.05) is 13.1 Å². The van der Waals surface area contributed by atoms with Gasteiger partial charge in [0.2, 0.25) is 5.91 Å². The summed E-state index contributed by atoms with van der Waals surface area (Å²) in [6, 6.07) is 16.2. The van der Waals surface area contributed by atoms with Gasteiger partial charge < -0.3 is 16.0 Å². The minimum atomic E-state index is -0.629. The maximum atomic E-state index is 14.2. The number of nitrogens with zero attached hydrogens (tertiary/aromatic N) is 1. The van der Waals surface area contributed by atoms with Crippen LogP contribution in [0, 0.1) is 17.5 Å². The lowest BCUT2D eigenvalue weighted by Gasteiger charge is -2.44. The van der Waals surface area contributed by atoms with Gasteiger partial charge in [-0.1, -0.05) is 36.4 Å². The first-order chi connectivity index (χ1) is 17.7. The zero-order valence-electron chi connectivity index (χ0n) is 20.6. The molecule has 0 spiro atoms. The molecule has 0 radical (unpaired) electrons. The van der Waals surface area contributed by atoms with Gasteiger partial charge in [-0.2, -0.15) is 0 Å². The van der Waals surface area contributed by atoms with Crippen LogP contribution in [-0.4, -0.2) is 29.9 Å². The Bertz CT molecular complexity index is 1260. The number of primary amides is 1. The molecule has 8 heteroatoms. The van der Waals surface area contributed by atoms with Crippen LogP contribution in [0.15, 0.2) is 66.7 Å². The standard InChI is InChI=1S/C29H30F3N3O2/c1-19(20-3-5-21(6-4-20)25-12-11-24(31)17-26(25)32)35-16-14-29(18-27(35)36,13-2-15-34-28(33)37)22-7-9-23(30)10-8-22/h3-12,17,19H,2,13-16,18H2,1H3,(H3,33,34,37)/t19-,29?/m0/s1. The molecule has 1 fully saturated rings. The van der Waals surface area contributed by atoms with Crippen LogP contribution in [0.1, 0.15) is 49.8 Å². The third-order valence-corrected chi connectivity index (χ3v) is 7.33. The summed E-state index contributed by atoms with van der Waals surface area (Å²) in [4.78, 5) is 26.3. The Morgan fingerprint density at radius 3 is 2.32 bits per heavy atom. The number of urea groups is 1. The molecule has 3 amide bonds. The highest BCUT2D eigenvalue weighted by atomic mass is 19.1. The Balaban J connectivity index is 1.50. The van der Waals surface area contributed by atoms with Crippen molar-refractivity contribution in [2.45, 2.75) is 44.1 Å². The van der Waals surface area contributed by atoms with Crippen molar-refractivity contribution in [3.05, 3.63) is 95.3 Å². The van der Waals surface area contributed by atoms with Crippen LogP contribution in [0.25, 0.3) is 11.1 Å². The smallest absolute Gasteiger partial charge is 0.312 e. The Morgan fingerprint density at radius 1 is 1.03 bits per heavy atom. The molecule has 37 heavy (non-hydrogen) atoms. The number of rotatable bonds is 8. The van der Waals surface area contributed by atoms with E-state index in [0.29, 0.717) is 43.5 Å². The number of hydrogen-bond donors (Lipinski definition) is 2. The topological polar surface area (TPSA) is 75.4 Å².